The number of carbonyl (C=O) groups is 1. The van der Waals surface area contributed by atoms with E-state index >= 15 is 0 Å². The van der Waals surface area contributed by atoms with Crippen LogP contribution in [0.4, 0.5) is 5.13 Å². The lowest BCUT2D eigenvalue weighted by Gasteiger charge is -2.10. The number of anilines is 1. The van der Waals surface area contributed by atoms with Gasteiger partial charge in [-0.15, -0.1) is 10.2 Å². The molecule has 4 rings (SSSR count). The molecule has 2 heterocycles. The average Bonchev–Trinajstić information content (AvgIpc) is 3.45. The molecule has 31 heavy (non-hydrogen) atoms. The SMILES string of the molecule is CSc1ncc(C(=O)Nc2nnc(SCc3ccc(C#N)cc3)s2)n1-c1ccccc1. The van der Waals surface area contributed by atoms with Crippen molar-refractivity contribution in [2.24, 2.45) is 0 Å². The van der Waals surface area contributed by atoms with Crippen LogP contribution in [0.5, 0.6) is 0 Å². The number of nitriles is 1. The third-order valence-electron chi connectivity index (χ3n) is 4.23. The van der Waals surface area contributed by atoms with E-state index in [2.05, 4.69) is 26.6 Å². The summed E-state index contributed by atoms with van der Waals surface area (Å²) in [5, 5.41) is 21.1. The monoisotopic (exact) mass is 464 g/mol. The number of para-hydroxylation sites is 1. The minimum Gasteiger partial charge on any atom is -0.295 e. The number of aromatic nitrogens is 4. The molecule has 2 aromatic heterocycles. The summed E-state index contributed by atoms with van der Waals surface area (Å²) in [6.45, 7) is 0. The molecule has 10 heteroatoms. The Morgan fingerprint density at radius 3 is 2.65 bits per heavy atom. The standard InChI is InChI=1S/C21H16N6OS3/c1-29-20-23-12-17(27(20)16-5-3-2-4-6-16)18(28)24-19-25-26-21(31-19)30-13-15-9-7-14(11-22)8-10-15/h2-10,12H,13H2,1H3,(H,24,25,28). The Hall–Kier alpha value is -3.13. The summed E-state index contributed by atoms with van der Waals surface area (Å²) >= 11 is 4.32. The molecule has 0 unspecified atom stereocenters. The van der Waals surface area contributed by atoms with Crippen molar-refractivity contribution in [1.82, 2.24) is 19.7 Å². The first kappa shape index (κ1) is 21.1. The lowest BCUT2D eigenvalue weighted by molar-refractivity contribution is 0.102. The normalized spacial score (nSPS) is 10.6. The van der Waals surface area contributed by atoms with Crippen LogP contribution in [0.25, 0.3) is 5.69 Å². The quantitative estimate of drug-likeness (QED) is 0.308. The van der Waals surface area contributed by atoms with Crippen molar-refractivity contribution in [1.29, 1.82) is 5.26 Å². The second-order valence-corrected chi connectivity index (χ2v) is 9.20. The van der Waals surface area contributed by atoms with Gasteiger partial charge in [-0.1, -0.05) is 65.2 Å². The van der Waals surface area contributed by atoms with E-state index in [0.717, 1.165) is 20.7 Å². The maximum absolute atomic E-state index is 12.9. The summed E-state index contributed by atoms with van der Waals surface area (Å²) < 4.78 is 2.57. The maximum atomic E-state index is 12.9. The van der Waals surface area contributed by atoms with E-state index in [1.165, 1.54) is 34.9 Å². The highest BCUT2D eigenvalue weighted by Crippen LogP contribution is 2.29. The molecule has 0 spiro atoms. The van der Waals surface area contributed by atoms with E-state index in [0.29, 0.717) is 22.1 Å². The Morgan fingerprint density at radius 2 is 1.94 bits per heavy atom. The van der Waals surface area contributed by atoms with Crippen molar-refractivity contribution in [3.63, 3.8) is 0 Å². The molecule has 0 atom stereocenters. The van der Waals surface area contributed by atoms with Crippen molar-refractivity contribution >= 4 is 45.9 Å². The van der Waals surface area contributed by atoms with Crippen LogP contribution in [0.1, 0.15) is 21.6 Å². The van der Waals surface area contributed by atoms with Gasteiger partial charge in [0.15, 0.2) is 9.50 Å². The number of hydrogen-bond acceptors (Lipinski definition) is 8. The first-order chi connectivity index (χ1) is 15.2. The van der Waals surface area contributed by atoms with E-state index in [1.807, 2.05) is 53.3 Å². The summed E-state index contributed by atoms with van der Waals surface area (Å²) in [6.07, 6.45) is 3.49. The molecular weight excluding hydrogens is 448 g/mol. The molecule has 0 radical (unpaired) electrons. The van der Waals surface area contributed by atoms with Crippen molar-refractivity contribution in [2.75, 3.05) is 11.6 Å². The average molecular weight is 465 g/mol. The molecule has 0 fully saturated rings. The van der Waals surface area contributed by atoms with Gasteiger partial charge in [0.1, 0.15) is 5.69 Å². The number of benzene rings is 2. The van der Waals surface area contributed by atoms with Crippen molar-refractivity contribution in [2.45, 2.75) is 15.2 Å². The topological polar surface area (TPSA) is 96.5 Å². The zero-order valence-electron chi connectivity index (χ0n) is 16.3. The molecule has 0 aliphatic heterocycles. The highest BCUT2D eigenvalue weighted by molar-refractivity contribution is 8.00. The predicted octanol–water partition coefficient (Wildman–Crippen LogP) is 4.86. The Bertz CT molecular complexity index is 1230. The lowest BCUT2D eigenvalue weighted by Crippen LogP contribution is -2.16. The van der Waals surface area contributed by atoms with Crippen molar-refractivity contribution in [3.8, 4) is 11.8 Å². The van der Waals surface area contributed by atoms with Crippen molar-refractivity contribution < 1.29 is 4.79 Å². The van der Waals surface area contributed by atoms with Crippen LogP contribution in [0.3, 0.4) is 0 Å². The number of imidazole rings is 1. The number of nitrogens with zero attached hydrogens (tertiary/aromatic N) is 5. The second-order valence-electron chi connectivity index (χ2n) is 6.23. The molecule has 0 aliphatic rings. The second kappa shape index (κ2) is 9.78. The Morgan fingerprint density at radius 1 is 1.16 bits per heavy atom. The van der Waals surface area contributed by atoms with Gasteiger partial charge in [0.05, 0.1) is 17.8 Å². The van der Waals surface area contributed by atoms with Crippen LogP contribution in [0.2, 0.25) is 0 Å². The van der Waals surface area contributed by atoms with E-state index in [-0.39, 0.29) is 5.91 Å². The third-order valence-corrected chi connectivity index (χ3v) is 6.93. The first-order valence-corrected chi connectivity index (χ1v) is 12.1. The van der Waals surface area contributed by atoms with Gasteiger partial charge in [-0.25, -0.2) is 4.98 Å². The van der Waals surface area contributed by atoms with Crippen LogP contribution in [0, 0.1) is 11.3 Å². The van der Waals surface area contributed by atoms with Gasteiger partial charge in [-0.3, -0.25) is 14.7 Å². The number of carbonyl (C=O) groups excluding carboxylic acids is 1. The fourth-order valence-corrected chi connectivity index (χ4v) is 5.01. The zero-order chi connectivity index (χ0) is 21.6. The number of hydrogen-bond donors (Lipinski definition) is 1. The molecule has 4 aromatic rings. The molecule has 154 valence electrons. The van der Waals surface area contributed by atoms with Gasteiger partial charge in [0, 0.05) is 11.4 Å². The minimum absolute atomic E-state index is 0.295. The maximum Gasteiger partial charge on any atom is 0.276 e. The van der Waals surface area contributed by atoms with E-state index in [4.69, 9.17) is 5.26 Å². The molecule has 1 amide bonds. The largest absolute Gasteiger partial charge is 0.295 e. The van der Waals surface area contributed by atoms with E-state index in [1.54, 1.807) is 18.3 Å². The summed E-state index contributed by atoms with van der Waals surface area (Å²) in [5.74, 6) is 0.406. The van der Waals surface area contributed by atoms with Gasteiger partial charge in [0.2, 0.25) is 5.13 Å². The van der Waals surface area contributed by atoms with Crippen molar-refractivity contribution in [3.05, 3.63) is 77.6 Å². The Kier molecular flexibility index (Phi) is 6.66. The lowest BCUT2D eigenvalue weighted by atomic mass is 10.2. The van der Waals surface area contributed by atoms with Crippen LogP contribution in [-0.2, 0) is 5.75 Å². The molecule has 0 saturated carbocycles. The summed E-state index contributed by atoms with van der Waals surface area (Å²) in [5.41, 5.74) is 3.01. The molecule has 7 nitrogen and oxygen atoms in total. The summed E-state index contributed by atoms with van der Waals surface area (Å²) in [4.78, 5) is 17.3. The number of amides is 1. The van der Waals surface area contributed by atoms with Gasteiger partial charge < -0.3 is 0 Å². The van der Waals surface area contributed by atoms with Gasteiger partial charge in [-0.2, -0.15) is 5.26 Å². The fraction of sp³-hybridized carbons (Fsp3) is 0.0952. The fourth-order valence-electron chi connectivity index (χ4n) is 2.77. The van der Waals surface area contributed by atoms with Gasteiger partial charge >= 0.3 is 0 Å². The van der Waals surface area contributed by atoms with Crippen LogP contribution in [0.15, 0.2) is 70.3 Å². The van der Waals surface area contributed by atoms with E-state index in [9.17, 15) is 4.79 Å². The van der Waals surface area contributed by atoms with E-state index < -0.39 is 0 Å². The number of rotatable bonds is 7. The van der Waals surface area contributed by atoms with Crippen LogP contribution < -0.4 is 5.32 Å². The molecule has 1 N–H and O–H groups in total. The zero-order valence-corrected chi connectivity index (χ0v) is 18.8. The highest BCUT2D eigenvalue weighted by Gasteiger charge is 2.19. The number of thioether (sulfide) groups is 2. The molecule has 0 saturated heterocycles. The summed E-state index contributed by atoms with van der Waals surface area (Å²) in [6, 6.07) is 19.2. The minimum atomic E-state index is -0.295. The Labute approximate surface area is 191 Å². The molecular formula is C21H16N6OS3. The predicted molar refractivity (Wildman–Crippen MR) is 124 cm³/mol. The highest BCUT2D eigenvalue weighted by atomic mass is 32.2. The smallest absolute Gasteiger partial charge is 0.276 e. The molecule has 0 aliphatic carbocycles. The molecule has 2 aromatic carbocycles. The van der Waals surface area contributed by atoms with Crippen LogP contribution in [-0.4, -0.2) is 31.9 Å². The molecule has 0 bridgehead atoms. The summed E-state index contributed by atoms with van der Waals surface area (Å²) in [7, 11) is 0. The first-order valence-electron chi connectivity index (χ1n) is 9.12. The van der Waals surface area contributed by atoms with Gasteiger partial charge in [-0.05, 0) is 36.1 Å². The third kappa shape index (κ3) is 4.96. The van der Waals surface area contributed by atoms with Gasteiger partial charge in [0.25, 0.3) is 5.91 Å². The Balaban J connectivity index is 1.45. The number of nitrogens with one attached hydrogen (secondary N) is 1. The van der Waals surface area contributed by atoms with Crippen LogP contribution >= 0.6 is 34.9 Å².